The van der Waals surface area contributed by atoms with Gasteiger partial charge in [-0.2, -0.15) is 0 Å². The molecule has 100 valence electrons. The second kappa shape index (κ2) is 5.14. The predicted octanol–water partition coefficient (Wildman–Crippen LogP) is 1.16. The Balaban J connectivity index is 2.48. The van der Waals surface area contributed by atoms with Crippen LogP contribution in [-0.2, 0) is 13.0 Å². The molecule has 2 N–H and O–H groups in total. The fourth-order valence-corrected chi connectivity index (χ4v) is 1.94. The van der Waals surface area contributed by atoms with E-state index in [0.717, 1.165) is 11.1 Å². The minimum Gasteiger partial charge on any atom is -0.494 e. The molecule has 0 aliphatic carbocycles. The lowest BCUT2D eigenvalue weighted by Gasteiger charge is -2.10. The number of aromatic hydroxyl groups is 1. The lowest BCUT2D eigenvalue weighted by Crippen LogP contribution is -2.32. The Morgan fingerprint density at radius 1 is 1.21 bits per heavy atom. The first kappa shape index (κ1) is 13.1. The van der Waals surface area contributed by atoms with Crippen molar-refractivity contribution in [2.75, 3.05) is 0 Å². The zero-order valence-corrected chi connectivity index (χ0v) is 10.9. The summed E-state index contributed by atoms with van der Waals surface area (Å²) in [6, 6.07) is 7.64. The van der Waals surface area contributed by atoms with E-state index < -0.39 is 11.2 Å². The Bertz CT molecular complexity index is 696. The van der Waals surface area contributed by atoms with Crippen LogP contribution < -0.4 is 11.2 Å². The van der Waals surface area contributed by atoms with Crippen LogP contribution in [0.15, 0.2) is 33.9 Å². The van der Waals surface area contributed by atoms with Crippen molar-refractivity contribution in [2.24, 2.45) is 0 Å². The van der Waals surface area contributed by atoms with Crippen molar-refractivity contribution in [2.45, 2.75) is 26.8 Å². The van der Waals surface area contributed by atoms with Crippen LogP contribution >= 0.6 is 0 Å². The van der Waals surface area contributed by atoms with Gasteiger partial charge in [-0.05, 0) is 18.9 Å². The van der Waals surface area contributed by atoms with Crippen LogP contribution in [0, 0.1) is 6.92 Å². The number of benzene rings is 1. The van der Waals surface area contributed by atoms with E-state index in [-0.39, 0.29) is 18.0 Å². The van der Waals surface area contributed by atoms with Gasteiger partial charge in [-0.15, -0.1) is 0 Å². The number of aromatic amines is 1. The summed E-state index contributed by atoms with van der Waals surface area (Å²) in [5.41, 5.74) is 1.12. The summed E-state index contributed by atoms with van der Waals surface area (Å²) in [5, 5.41) is 10.0. The van der Waals surface area contributed by atoms with Crippen molar-refractivity contribution in [1.29, 1.82) is 0 Å². The van der Waals surface area contributed by atoms with Gasteiger partial charge in [0, 0.05) is 0 Å². The first-order chi connectivity index (χ1) is 9.02. The average molecular weight is 260 g/mol. The summed E-state index contributed by atoms with van der Waals surface area (Å²) in [5.74, 6) is -0.253. The van der Waals surface area contributed by atoms with Crippen molar-refractivity contribution in [3.63, 3.8) is 0 Å². The predicted molar refractivity (Wildman–Crippen MR) is 72.6 cm³/mol. The van der Waals surface area contributed by atoms with Gasteiger partial charge in [-0.25, -0.2) is 4.79 Å². The third-order valence-electron chi connectivity index (χ3n) is 3.08. The van der Waals surface area contributed by atoms with E-state index in [9.17, 15) is 14.7 Å². The smallest absolute Gasteiger partial charge is 0.331 e. The molecule has 1 aromatic carbocycles. The van der Waals surface area contributed by atoms with Crippen LogP contribution in [0.1, 0.15) is 23.6 Å². The third kappa shape index (κ3) is 2.59. The summed E-state index contributed by atoms with van der Waals surface area (Å²) in [6.45, 7) is 3.96. The minimum absolute atomic E-state index is 0.228. The second-order valence-electron chi connectivity index (χ2n) is 4.49. The number of nitrogens with zero attached hydrogens (tertiary/aromatic N) is 1. The number of hydrogen-bond acceptors (Lipinski definition) is 3. The van der Waals surface area contributed by atoms with E-state index in [1.165, 1.54) is 4.57 Å². The van der Waals surface area contributed by atoms with E-state index in [1.54, 1.807) is 6.92 Å². The van der Waals surface area contributed by atoms with Gasteiger partial charge >= 0.3 is 5.69 Å². The van der Waals surface area contributed by atoms with Gasteiger partial charge in [-0.3, -0.25) is 14.3 Å². The molecule has 0 aliphatic heterocycles. The molecule has 0 aliphatic rings. The Morgan fingerprint density at radius 2 is 1.84 bits per heavy atom. The standard InChI is InChI=1S/C14H16N2O3/c1-3-11-12(17)15-14(19)16(13(11)18)8-10-6-4-9(2)5-7-10/h4-7,18H,3,8H2,1-2H3,(H,15,17,19). The van der Waals surface area contributed by atoms with Crippen LogP contribution in [0.3, 0.4) is 0 Å². The van der Waals surface area contributed by atoms with E-state index in [2.05, 4.69) is 4.98 Å². The van der Waals surface area contributed by atoms with Crippen LogP contribution in [0.25, 0.3) is 0 Å². The molecule has 0 atom stereocenters. The van der Waals surface area contributed by atoms with Gasteiger partial charge < -0.3 is 5.11 Å². The summed E-state index contributed by atoms with van der Waals surface area (Å²) in [4.78, 5) is 25.5. The van der Waals surface area contributed by atoms with Crippen molar-refractivity contribution in [3.8, 4) is 5.88 Å². The molecule has 0 saturated carbocycles. The highest BCUT2D eigenvalue weighted by Crippen LogP contribution is 2.13. The first-order valence-corrected chi connectivity index (χ1v) is 6.13. The Morgan fingerprint density at radius 3 is 2.42 bits per heavy atom. The summed E-state index contributed by atoms with van der Waals surface area (Å²) >= 11 is 0. The summed E-state index contributed by atoms with van der Waals surface area (Å²) in [6.07, 6.45) is 0.370. The number of rotatable bonds is 3. The maximum atomic E-state index is 11.7. The van der Waals surface area contributed by atoms with Crippen molar-refractivity contribution in [1.82, 2.24) is 9.55 Å². The zero-order chi connectivity index (χ0) is 14.0. The van der Waals surface area contributed by atoms with Gasteiger partial charge in [0.15, 0.2) is 0 Å². The van der Waals surface area contributed by atoms with E-state index in [0.29, 0.717) is 6.42 Å². The quantitative estimate of drug-likeness (QED) is 0.869. The normalized spacial score (nSPS) is 10.6. The molecule has 0 unspecified atom stereocenters. The molecular formula is C14H16N2O3. The molecule has 0 radical (unpaired) electrons. The maximum Gasteiger partial charge on any atom is 0.331 e. The van der Waals surface area contributed by atoms with Crippen molar-refractivity contribution >= 4 is 0 Å². The number of aryl methyl sites for hydroxylation is 1. The highest BCUT2D eigenvalue weighted by Gasteiger charge is 2.12. The molecule has 5 nitrogen and oxygen atoms in total. The van der Waals surface area contributed by atoms with E-state index in [1.807, 2.05) is 31.2 Å². The van der Waals surface area contributed by atoms with E-state index >= 15 is 0 Å². The summed E-state index contributed by atoms with van der Waals surface area (Å²) in [7, 11) is 0. The Hall–Kier alpha value is -2.30. The molecule has 1 aromatic heterocycles. The molecule has 2 aromatic rings. The average Bonchev–Trinajstić information content (AvgIpc) is 2.37. The van der Waals surface area contributed by atoms with Gasteiger partial charge in [0.2, 0.25) is 5.88 Å². The van der Waals surface area contributed by atoms with Crippen LogP contribution in [-0.4, -0.2) is 14.7 Å². The fraction of sp³-hybridized carbons (Fsp3) is 0.286. The highest BCUT2D eigenvalue weighted by atomic mass is 16.3. The van der Waals surface area contributed by atoms with Gasteiger partial charge in [0.05, 0.1) is 12.1 Å². The number of hydrogen-bond donors (Lipinski definition) is 2. The number of nitrogens with one attached hydrogen (secondary N) is 1. The first-order valence-electron chi connectivity index (χ1n) is 6.13. The third-order valence-corrected chi connectivity index (χ3v) is 3.08. The molecule has 19 heavy (non-hydrogen) atoms. The zero-order valence-electron chi connectivity index (χ0n) is 10.9. The minimum atomic E-state index is -0.597. The van der Waals surface area contributed by atoms with Crippen LogP contribution in [0.5, 0.6) is 5.88 Å². The van der Waals surface area contributed by atoms with Gasteiger partial charge in [0.25, 0.3) is 5.56 Å². The maximum absolute atomic E-state index is 11.7. The lowest BCUT2D eigenvalue weighted by atomic mass is 10.1. The molecule has 0 bridgehead atoms. The largest absolute Gasteiger partial charge is 0.494 e. The van der Waals surface area contributed by atoms with Crippen molar-refractivity contribution in [3.05, 3.63) is 61.8 Å². The summed E-state index contributed by atoms with van der Waals surface area (Å²) < 4.78 is 1.17. The molecule has 0 amide bonds. The van der Waals surface area contributed by atoms with Crippen molar-refractivity contribution < 1.29 is 5.11 Å². The van der Waals surface area contributed by atoms with E-state index in [4.69, 9.17) is 0 Å². The Labute approximate surface area is 110 Å². The molecule has 1 heterocycles. The lowest BCUT2D eigenvalue weighted by molar-refractivity contribution is 0.402. The SMILES string of the molecule is CCc1c(O)n(Cc2ccc(C)cc2)c(=O)[nH]c1=O. The topological polar surface area (TPSA) is 75.1 Å². The van der Waals surface area contributed by atoms with Crippen LogP contribution in [0.4, 0.5) is 0 Å². The fourth-order valence-electron chi connectivity index (χ4n) is 1.94. The molecule has 0 spiro atoms. The van der Waals surface area contributed by atoms with Gasteiger partial charge in [-0.1, -0.05) is 36.8 Å². The molecule has 0 fully saturated rings. The number of aromatic nitrogens is 2. The second-order valence-corrected chi connectivity index (χ2v) is 4.49. The molecule has 2 rings (SSSR count). The van der Waals surface area contributed by atoms with Gasteiger partial charge in [0.1, 0.15) is 0 Å². The monoisotopic (exact) mass is 260 g/mol. The highest BCUT2D eigenvalue weighted by molar-refractivity contribution is 5.26. The Kier molecular flexibility index (Phi) is 3.55. The van der Waals surface area contributed by atoms with Crippen LogP contribution in [0.2, 0.25) is 0 Å². The molecular weight excluding hydrogens is 244 g/mol. The number of H-pyrrole nitrogens is 1. The molecule has 0 saturated heterocycles. The molecule has 5 heteroatoms.